The van der Waals surface area contributed by atoms with Gasteiger partial charge in [0.05, 0.1) is 0 Å². The van der Waals surface area contributed by atoms with Crippen LogP contribution >= 0.6 is 27.7 Å². The Hall–Kier alpha value is -0.810. The van der Waals surface area contributed by atoms with Crippen LogP contribution in [0, 0.1) is 6.92 Å². The highest BCUT2D eigenvalue weighted by Crippen LogP contribution is 2.22. The highest BCUT2D eigenvalue weighted by Gasteiger charge is 2.10. The molecule has 0 bridgehead atoms. The van der Waals surface area contributed by atoms with Gasteiger partial charge in [-0.15, -0.1) is 11.8 Å². The Morgan fingerprint density at radius 3 is 2.70 bits per heavy atom. The second-order valence-corrected chi connectivity index (χ2v) is 6.73. The summed E-state index contributed by atoms with van der Waals surface area (Å²) in [5, 5.41) is 0. The van der Waals surface area contributed by atoms with Gasteiger partial charge in [-0.25, -0.2) is 0 Å². The zero-order valence-corrected chi connectivity index (χ0v) is 13.9. The molecule has 0 amide bonds. The maximum atomic E-state index is 5.69. The fourth-order valence-electron chi connectivity index (χ4n) is 2.00. The molecule has 0 saturated heterocycles. The van der Waals surface area contributed by atoms with Gasteiger partial charge in [-0.3, -0.25) is 11.3 Å². The zero-order valence-electron chi connectivity index (χ0n) is 11.5. The van der Waals surface area contributed by atoms with E-state index in [0.29, 0.717) is 0 Å². The van der Waals surface area contributed by atoms with Crippen molar-refractivity contribution in [3.63, 3.8) is 0 Å². The molecule has 0 heterocycles. The lowest BCUT2D eigenvalue weighted by Crippen LogP contribution is -2.38. The molecule has 2 nitrogen and oxygen atoms in total. The summed E-state index contributed by atoms with van der Waals surface area (Å²) in [6.45, 7) is 2.11. The molecule has 0 radical (unpaired) electrons. The first-order valence-electron chi connectivity index (χ1n) is 6.58. The molecule has 2 rings (SSSR count). The van der Waals surface area contributed by atoms with Crippen LogP contribution in [0.2, 0.25) is 0 Å². The van der Waals surface area contributed by atoms with Crippen molar-refractivity contribution in [2.24, 2.45) is 5.84 Å². The monoisotopic (exact) mass is 350 g/mol. The summed E-state index contributed by atoms with van der Waals surface area (Å²) in [4.78, 5) is 1.29. The van der Waals surface area contributed by atoms with Gasteiger partial charge in [0.15, 0.2) is 0 Å². The van der Waals surface area contributed by atoms with Crippen LogP contribution in [0.3, 0.4) is 0 Å². The van der Waals surface area contributed by atoms with Crippen LogP contribution in [-0.4, -0.2) is 11.8 Å². The smallest absolute Gasteiger partial charge is 0.0345 e. The molecular formula is C16H19BrN2S. The lowest BCUT2D eigenvalue weighted by atomic mass is 10.1. The average Bonchev–Trinajstić information content (AvgIpc) is 2.45. The number of nitrogens with one attached hydrogen (secondary N) is 1. The van der Waals surface area contributed by atoms with Crippen LogP contribution in [0.25, 0.3) is 0 Å². The number of hydrazine groups is 1. The van der Waals surface area contributed by atoms with Crippen LogP contribution in [0.1, 0.15) is 11.1 Å². The van der Waals surface area contributed by atoms with Gasteiger partial charge < -0.3 is 0 Å². The topological polar surface area (TPSA) is 38.0 Å². The Bertz CT molecular complexity index is 560. The summed E-state index contributed by atoms with van der Waals surface area (Å²) < 4.78 is 1.14. The largest absolute Gasteiger partial charge is 0.271 e. The minimum absolute atomic E-state index is 0.249. The molecule has 20 heavy (non-hydrogen) atoms. The molecule has 0 aliphatic heterocycles. The van der Waals surface area contributed by atoms with E-state index in [-0.39, 0.29) is 6.04 Å². The van der Waals surface area contributed by atoms with Crippen molar-refractivity contribution in [1.82, 2.24) is 5.43 Å². The summed E-state index contributed by atoms with van der Waals surface area (Å²) in [7, 11) is 0. The number of thioether (sulfide) groups is 1. The number of benzene rings is 2. The van der Waals surface area contributed by atoms with Crippen molar-refractivity contribution in [2.45, 2.75) is 24.3 Å². The van der Waals surface area contributed by atoms with Crippen molar-refractivity contribution >= 4 is 27.7 Å². The summed E-state index contributed by atoms with van der Waals surface area (Å²) in [5.74, 6) is 6.63. The number of halogens is 1. The normalized spacial score (nSPS) is 12.3. The third-order valence-corrected chi connectivity index (χ3v) is 5.03. The summed E-state index contributed by atoms with van der Waals surface area (Å²) >= 11 is 5.42. The molecule has 0 aliphatic carbocycles. The first-order valence-corrected chi connectivity index (χ1v) is 8.36. The maximum absolute atomic E-state index is 5.69. The van der Waals surface area contributed by atoms with E-state index in [1.807, 2.05) is 17.8 Å². The van der Waals surface area contributed by atoms with Crippen LogP contribution in [0.4, 0.5) is 0 Å². The Morgan fingerprint density at radius 2 is 2.00 bits per heavy atom. The molecule has 1 unspecified atom stereocenters. The molecule has 2 aromatic rings. The van der Waals surface area contributed by atoms with E-state index in [4.69, 9.17) is 5.84 Å². The van der Waals surface area contributed by atoms with E-state index >= 15 is 0 Å². The van der Waals surface area contributed by atoms with Crippen molar-refractivity contribution < 1.29 is 0 Å². The van der Waals surface area contributed by atoms with Crippen LogP contribution in [0.15, 0.2) is 57.9 Å². The molecule has 1 atom stereocenters. The molecular weight excluding hydrogens is 332 g/mol. The first kappa shape index (κ1) is 15.6. The summed E-state index contributed by atoms with van der Waals surface area (Å²) in [6, 6.07) is 17.1. The Kier molecular flexibility index (Phi) is 6.10. The summed E-state index contributed by atoms with van der Waals surface area (Å²) in [5.41, 5.74) is 5.49. The van der Waals surface area contributed by atoms with Crippen molar-refractivity contribution in [3.8, 4) is 0 Å². The molecule has 0 fully saturated rings. The number of aryl methyl sites for hydroxylation is 1. The minimum Gasteiger partial charge on any atom is -0.271 e. The predicted molar refractivity (Wildman–Crippen MR) is 90.9 cm³/mol. The van der Waals surface area contributed by atoms with Crippen molar-refractivity contribution in [2.75, 3.05) is 5.75 Å². The Labute approximate surface area is 133 Å². The number of hydrogen-bond acceptors (Lipinski definition) is 3. The van der Waals surface area contributed by atoms with E-state index in [9.17, 15) is 0 Å². The first-order chi connectivity index (χ1) is 9.69. The quantitative estimate of drug-likeness (QED) is 0.471. The standard InChI is InChI=1S/C16H19BrN2S/c1-12-5-4-7-15(9-12)20-11-14(19-18)10-13-6-2-3-8-16(13)17/h2-9,14,19H,10-11,18H2,1H3. The van der Waals surface area contributed by atoms with E-state index in [1.165, 1.54) is 16.0 Å². The van der Waals surface area contributed by atoms with Crippen LogP contribution < -0.4 is 11.3 Å². The SMILES string of the molecule is Cc1cccc(SCC(Cc2ccccc2Br)NN)c1. The molecule has 3 N–H and O–H groups in total. The van der Waals surface area contributed by atoms with Gasteiger partial charge >= 0.3 is 0 Å². The number of rotatable bonds is 6. The molecule has 2 aromatic carbocycles. The fourth-order valence-corrected chi connectivity index (χ4v) is 3.50. The molecule has 106 valence electrons. The number of nitrogens with two attached hydrogens (primary N) is 1. The second kappa shape index (κ2) is 7.84. The van der Waals surface area contributed by atoms with Gasteiger partial charge in [0.2, 0.25) is 0 Å². The van der Waals surface area contributed by atoms with E-state index in [0.717, 1.165) is 16.6 Å². The average molecular weight is 351 g/mol. The van der Waals surface area contributed by atoms with Gasteiger partial charge in [-0.05, 0) is 37.1 Å². The third-order valence-electron chi connectivity index (χ3n) is 3.10. The van der Waals surface area contributed by atoms with E-state index in [2.05, 4.69) is 70.7 Å². The molecule has 4 heteroatoms. The van der Waals surface area contributed by atoms with Crippen molar-refractivity contribution in [3.05, 3.63) is 64.1 Å². The van der Waals surface area contributed by atoms with Gasteiger partial charge in [0, 0.05) is 21.2 Å². The summed E-state index contributed by atoms with van der Waals surface area (Å²) in [6.07, 6.45) is 0.913. The van der Waals surface area contributed by atoms with Crippen molar-refractivity contribution in [1.29, 1.82) is 0 Å². The predicted octanol–water partition coefficient (Wildman–Crippen LogP) is 3.92. The van der Waals surface area contributed by atoms with E-state index in [1.54, 1.807) is 0 Å². The van der Waals surface area contributed by atoms with Crippen LogP contribution in [-0.2, 0) is 6.42 Å². The third kappa shape index (κ3) is 4.63. The highest BCUT2D eigenvalue weighted by atomic mass is 79.9. The lowest BCUT2D eigenvalue weighted by Gasteiger charge is -2.16. The highest BCUT2D eigenvalue weighted by molar-refractivity contribution is 9.10. The molecule has 0 aromatic heterocycles. The van der Waals surface area contributed by atoms with E-state index < -0.39 is 0 Å². The van der Waals surface area contributed by atoms with Gasteiger partial charge in [0.1, 0.15) is 0 Å². The van der Waals surface area contributed by atoms with Gasteiger partial charge in [-0.1, -0.05) is 51.8 Å². The second-order valence-electron chi connectivity index (χ2n) is 4.79. The van der Waals surface area contributed by atoms with Crippen LogP contribution in [0.5, 0.6) is 0 Å². The maximum Gasteiger partial charge on any atom is 0.0345 e. The fraction of sp³-hybridized carbons (Fsp3) is 0.250. The zero-order chi connectivity index (χ0) is 14.4. The van der Waals surface area contributed by atoms with Gasteiger partial charge in [-0.2, -0.15) is 0 Å². The molecule has 0 saturated carbocycles. The number of hydrogen-bond donors (Lipinski definition) is 2. The Balaban J connectivity index is 1.94. The van der Waals surface area contributed by atoms with Gasteiger partial charge in [0.25, 0.3) is 0 Å². The molecule has 0 aliphatic rings. The minimum atomic E-state index is 0.249. The Morgan fingerprint density at radius 1 is 1.20 bits per heavy atom. The molecule has 0 spiro atoms. The lowest BCUT2D eigenvalue weighted by molar-refractivity contribution is 0.574.